The van der Waals surface area contributed by atoms with Gasteiger partial charge in [-0.3, -0.25) is 14.9 Å². The second-order valence-electron chi connectivity index (χ2n) is 8.03. The highest BCUT2D eigenvalue weighted by Crippen LogP contribution is 2.34. The molecule has 0 unspecified atom stereocenters. The van der Waals surface area contributed by atoms with Crippen molar-refractivity contribution in [1.82, 2.24) is 31.1 Å². The predicted octanol–water partition coefficient (Wildman–Crippen LogP) is 2.51. The second kappa shape index (κ2) is 8.80. The van der Waals surface area contributed by atoms with Gasteiger partial charge in [-0.25, -0.2) is 4.79 Å². The van der Waals surface area contributed by atoms with Crippen LogP contribution in [0.3, 0.4) is 0 Å². The molecule has 164 valence electrons. The third-order valence-electron chi connectivity index (χ3n) is 5.90. The Labute approximate surface area is 185 Å². The van der Waals surface area contributed by atoms with Crippen LogP contribution >= 0.6 is 0 Å². The number of hydrogen-bond acceptors (Lipinski definition) is 5. The fraction of sp³-hybridized carbons (Fsp3) is 0.304. The Hall–Kier alpha value is -3.72. The Balaban J connectivity index is 1.26. The lowest BCUT2D eigenvalue weighted by atomic mass is 9.85. The Morgan fingerprint density at radius 3 is 3.00 bits per heavy atom. The Morgan fingerprint density at radius 1 is 1.19 bits per heavy atom. The molecule has 2 saturated heterocycles. The number of fused-ring (bicyclic) bond motifs is 1. The number of urea groups is 1. The zero-order valence-electron chi connectivity index (χ0n) is 17.4. The van der Waals surface area contributed by atoms with Crippen molar-refractivity contribution in [3.63, 3.8) is 0 Å². The standard InChI is InChI=1S/C23H24N6O3/c30-21(19-11-18(28-29-19)16-6-2-8-24-13-16)25-12-14-4-1-5-15(10-14)20-17-7-3-9-32-22(17)27-23(31)26-20/h1-2,4-6,8,10-11,13,17,20,22H,3,7,9,12H2,(H,25,30)(H,28,29)(H2,26,27,31)/t17-,20-,22-/m0/s1. The van der Waals surface area contributed by atoms with Gasteiger partial charge in [-0.15, -0.1) is 0 Å². The van der Waals surface area contributed by atoms with E-state index in [0.717, 1.165) is 29.5 Å². The molecular weight excluding hydrogens is 408 g/mol. The molecule has 2 aliphatic heterocycles. The smallest absolute Gasteiger partial charge is 0.317 e. The van der Waals surface area contributed by atoms with Gasteiger partial charge in [0.25, 0.3) is 5.91 Å². The third kappa shape index (κ3) is 4.19. The first-order valence-electron chi connectivity index (χ1n) is 10.7. The third-order valence-corrected chi connectivity index (χ3v) is 5.90. The molecule has 4 N–H and O–H groups in total. The number of amides is 3. The monoisotopic (exact) mass is 432 g/mol. The van der Waals surface area contributed by atoms with E-state index in [2.05, 4.69) is 31.1 Å². The minimum Gasteiger partial charge on any atom is -0.358 e. The van der Waals surface area contributed by atoms with Gasteiger partial charge in [0.2, 0.25) is 0 Å². The SMILES string of the molecule is O=C1N[C@H]2OCCC[C@H]2[C@H](c2cccc(CNC(=O)c3cc(-c4cccnc4)n[nH]3)c2)N1. The van der Waals surface area contributed by atoms with Crippen LogP contribution in [0, 0.1) is 5.92 Å². The van der Waals surface area contributed by atoms with E-state index in [1.165, 1.54) is 0 Å². The summed E-state index contributed by atoms with van der Waals surface area (Å²) in [6, 6.07) is 13.0. The van der Waals surface area contributed by atoms with E-state index >= 15 is 0 Å². The zero-order chi connectivity index (χ0) is 21.9. The lowest BCUT2D eigenvalue weighted by molar-refractivity contribution is -0.0602. The lowest BCUT2D eigenvalue weighted by Gasteiger charge is -2.42. The number of carbonyl (C=O) groups excluding carboxylic acids is 2. The van der Waals surface area contributed by atoms with E-state index in [4.69, 9.17) is 4.74 Å². The van der Waals surface area contributed by atoms with Crippen LogP contribution in [-0.2, 0) is 11.3 Å². The van der Waals surface area contributed by atoms with E-state index in [0.29, 0.717) is 24.5 Å². The first-order valence-corrected chi connectivity index (χ1v) is 10.7. The fourth-order valence-electron chi connectivity index (χ4n) is 4.32. The number of ether oxygens (including phenoxy) is 1. The zero-order valence-corrected chi connectivity index (χ0v) is 17.4. The Morgan fingerprint density at radius 2 is 2.12 bits per heavy atom. The molecular formula is C23H24N6O3. The van der Waals surface area contributed by atoms with E-state index in [1.807, 2.05) is 36.4 Å². The highest BCUT2D eigenvalue weighted by molar-refractivity contribution is 5.93. The van der Waals surface area contributed by atoms with Crippen LogP contribution in [0.1, 0.15) is 40.5 Å². The summed E-state index contributed by atoms with van der Waals surface area (Å²) in [7, 11) is 0. The second-order valence-corrected chi connectivity index (χ2v) is 8.03. The normalized spacial score (nSPS) is 22.4. The molecule has 0 radical (unpaired) electrons. The molecule has 4 heterocycles. The quantitative estimate of drug-likeness (QED) is 0.494. The predicted molar refractivity (Wildman–Crippen MR) is 116 cm³/mol. The number of hydrogen-bond donors (Lipinski definition) is 4. The number of nitrogens with one attached hydrogen (secondary N) is 4. The summed E-state index contributed by atoms with van der Waals surface area (Å²) < 4.78 is 5.75. The van der Waals surface area contributed by atoms with Crippen molar-refractivity contribution in [2.75, 3.05) is 6.61 Å². The van der Waals surface area contributed by atoms with Crippen LogP contribution in [-0.4, -0.2) is 40.0 Å². The molecule has 3 amide bonds. The number of benzene rings is 1. The van der Waals surface area contributed by atoms with Gasteiger partial charge in [-0.2, -0.15) is 5.10 Å². The molecule has 32 heavy (non-hydrogen) atoms. The van der Waals surface area contributed by atoms with Crippen LogP contribution in [0.5, 0.6) is 0 Å². The number of carbonyl (C=O) groups is 2. The van der Waals surface area contributed by atoms with Crippen LogP contribution in [0.4, 0.5) is 4.79 Å². The summed E-state index contributed by atoms with van der Waals surface area (Å²) in [5.74, 6) is -0.0730. The topological polar surface area (TPSA) is 121 Å². The van der Waals surface area contributed by atoms with E-state index in [1.54, 1.807) is 18.5 Å². The molecule has 9 nitrogen and oxygen atoms in total. The molecule has 5 rings (SSSR count). The first kappa shape index (κ1) is 20.2. The summed E-state index contributed by atoms with van der Waals surface area (Å²) in [4.78, 5) is 28.8. The molecule has 0 saturated carbocycles. The van der Waals surface area contributed by atoms with E-state index < -0.39 is 0 Å². The van der Waals surface area contributed by atoms with Crippen LogP contribution in [0.25, 0.3) is 11.3 Å². The molecule has 0 spiro atoms. The van der Waals surface area contributed by atoms with Gasteiger partial charge in [0.1, 0.15) is 11.9 Å². The van der Waals surface area contributed by atoms with Gasteiger partial charge in [0.15, 0.2) is 0 Å². The highest BCUT2D eigenvalue weighted by Gasteiger charge is 2.39. The summed E-state index contributed by atoms with van der Waals surface area (Å²) in [5, 5.41) is 15.8. The van der Waals surface area contributed by atoms with Crippen molar-refractivity contribution in [2.24, 2.45) is 5.92 Å². The molecule has 2 fully saturated rings. The number of nitrogens with zero attached hydrogens (tertiary/aromatic N) is 2. The number of H-pyrrole nitrogens is 1. The first-order chi connectivity index (χ1) is 15.7. The van der Waals surface area contributed by atoms with Crippen molar-refractivity contribution in [1.29, 1.82) is 0 Å². The van der Waals surface area contributed by atoms with Gasteiger partial charge >= 0.3 is 6.03 Å². The average molecular weight is 432 g/mol. The molecule has 0 bridgehead atoms. The highest BCUT2D eigenvalue weighted by atomic mass is 16.5. The van der Waals surface area contributed by atoms with Crippen LogP contribution in [0.15, 0.2) is 54.9 Å². The Kier molecular flexibility index (Phi) is 5.55. The van der Waals surface area contributed by atoms with Crippen LogP contribution in [0.2, 0.25) is 0 Å². The van der Waals surface area contributed by atoms with Gasteiger partial charge < -0.3 is 20.7 Å². The fourth-order valence-corrected chi connectivity index (χ4v) is 4.32. The number of aromatic amines is 1. The number of pyridine rings is 1. The van der Waals surface area contributed by atoms with Gasteiger partial charge in [0, 0.05) is 37.0 Å². The maximum absolute atomic E-state index is 12.6. The summed E-state index contributed by atoms with van der Waals surface area (Å²) >= 11 is 0. The van der Waals surface area contributed by atoms with Crippen molar-refractivity contribution in [2.45, 2.75) is 31.7 Å². The summed E-state index contributed by atoms with van der Waals surface area (Å²) in [5.41, 5.74) is 3.84. The van der Waals surface area contributed by atoms with Crippen molar-refractivity contribution in [3.05, 3.63) is 71.7 Å². The van der Waals surface area contributed by atoms with Gasteiger partial charge in [0.05, 0.1) is 11.7 Å². The van der Waals surface area contributed by atoms with E-state index in [9.17, 15) is 9.59 Å². The molecule has 2 aliphatic rings. The van der Waals surface area contributed by atoms with E-state index in [-0.39, 0.29) is 30.1 Å². The molecule has 3 atom stereocenters. The van der Waals surface area contributed by atoms with Crippen molar-refractivity contribution >= 4 is 11.9 Å². The van der Waals surface area contributed by atoms with Crippen molar-refractivity contribution < 1.29 is 14.3 Å². The molecule has 9 heteroatoms. The summed E-state index contributed by atoms with van der Waals surface area (Å²) in [6.07, 6.45) is 5.07. The maximum atomic E-state index is 12.6. The minimum absolute atomic E-state index is 0.126. The van der Waals surface area contributed by atoms with Gasteiger partial charge in [-0.05, 0) is 42.2 Å². The number of rotatable bonds is 5. The van der Waals surface area contributed by atoms with Crippen molar-refractivity contribution in [3.8, 4) is 11.3 Å². The Bertz CT molecular complexity index is 1120. The minimum atomic E-state index is -0.264. The number of aromatic nitrogens is 3. The molecule has 2 aromatic heterocycles. The van der Waals surface area contributed by atoms with Gasteiger partial charge in [-0.1, -0.05) is 24.3 Å². The molecule has 0 aliphatic carbocycles. The largest absolute Gasteiger partial charge is 0.358 e. The molecule has 1 aromatic carbocycles. The maximum Gasteiger partial charge on any atom is 0.317 e. The molecule has 3 aromatic rings. The lowest BCUT2D eigenvalue weighted by Crippen LogP contribution is -2.58. The summed E-state index contributed by atoms with van der Waals surface area (Å²) in [6.45, 7) is 1.02. The average Bonchev–Trinajstić information content (AvgIpc) is 3.33. The van der Waals surface area contributed by atoms with Crippen LogP contribution < -0.4 is 16.0 Å².